The number of likely N-dealkylation sites (tertiary alicyclic amines) is 1. The first-order valence-electron chi connectivity index (χ1n) is 18.2. The number of urea groups is 1. The second-order valence-corrected chi connectivity index (χ2v) is 15.6. The summed E-state index contributed by atoms with van der Waals surface area (Å²) in [6, 6.07) is 5.98. The molecule has 12 heteroatoms. The van der Waals surface area contributed by atoms with Gasteiger partial charge in [-0.15, -0.1) is 0 Å². The molecule has 0 aromatic heterocycles. The van der Waals surface area contributed by atoms with Crippen molar-refractivity contribution in [1.82, 2.24) is 31.5 Å². The Morgan fingerprint density at radius 1 is 0.940 bits per heavy atom. The molecule has 0 bridgehead atoms. The highest BCUT2D eigenvalue weighted by Crippen LogP contribution is 2.65. The molecule has 12 nitrogen and oxygen atoms in total. The fourth-order valence-electron chi connectivity index (χ4n) is 7.85. The Hall–Kier alpha value is -4.22. The number of allylic oxidation sites excluding steroid dienone is 1. The topological polar surface area (TPSA) is 166 Å². The lowest BCUT2D eigenvalue weighted by molar-refractivity contribution is -0.144. The van der Waals surface area contributed by atoms with Gasteiger partial charge in [-0.3, -0.25) is 24.0 Å². The third-order valence-electron chi connectivity index (χ3n) is 11.4. The van der Waals surface area contributed by atoms with E-state index in [1.54, 1.807) is 24.8 Å². The summed E-state index contributed by atoms with van der Waals surface area (Å²) >= 11 is 0. The number of rotatable bonds is 14. The molecule has 4 fully saturated rings. The summed E-state index contributed by atoms with van der Waals surface area (Å²) < 4.78 is 0. The van der Waals surface area contributed by atoms with Crippen LogP contribution in [0.3, 0.4) is 0 Å². The molecule has 0 radical (unpaired) electrons. The van der Waals surface area contributed by atoms with Crippen molar-refractivity contribution in [2.45, 2.75) is 116 Å². The smallest absolute Gasteiger partial charge is 0.316 e. The van der Waals surface area contributed by atoms with E-state index in [0.717, 1.165) is 50.5 Å². The number of fused-ring (bicyclic) bond motifs is 1. The van der Waals surface area contributed by atoms with Crippen LogP contribution in [0.1, 0.15) is 91.5 Å². The van der Waals surface area contributed by atoms with Gasteiger partial charge < -0.3 is 31.5 Å². The number of hydrogen-bond donors (Lipinski definition) is 5. The molecule has 6 amide bonds. The Balaban J connectivity index is 1.24. The van der Waals surface area contributed by atoms with Crippen LogP contribution in [0.5, 0.6) is 0 Å². The number of piperidine rings is 1. The van der Waals surface area contributed by atoms with E-state index in [0.29, 0.717) is 18.5 Å². The van der Waals surface area contributed by atoms with Gasteiger partial charge in [-0.05, 0) is 74.3 Å². The third kappa shape index (κ3) is 8.73. The van der Waals surface area contributed by atoms with Gasteiger partial charge in [0.05, 0.1) is 12.6 Å². The van der Waals surface area contributed by atoms with Gasteiger partial charge in [-0.1, -0.05) is 82.4 Å². The molecule has 3 saturated carbocycles. The minimum absolute atomic E-state index is 0.0824. The van der Waals surface area contributed by atoms with Crippen LogP contribution in [0.25, 0.3) is 0 Å². The predicted molar refractivity (Wildman–Crippen MR) is 188 cm³/mol. The largest absolute Gasteiger partial charge is 0.350 e. The van der Waals surface area contributed by atoms with Crippen LogP contribution in [-0.2, 0) is 30.5 Å². The molecule has 5 atom stereocenters. The molecule has 272 valence electrons. The van der Waals surface area contributed by atoms with Gasteiger partial charge in [0.15, 0.2) is 0 Å². The fraction of sp³-hybridized carbons (Fsp3) is 0.632. The van der Waals surface area contributed by atoms with Gasteiger partial charge in [-0.2, -0.15) is 0 Å². The zero-order chi connectivity index (χ0) is 36.2. The molecule has 1 aliphatic heterocycles. The molecule has 0 spiro atoms. The summed E-state index contributed by atoms with van der Waals surface area (Å²) in [6.07, 6.45) is 8.82. The number of carbonyl (C=O) groups excluding carboxylic acids is 6. The number of nitrogens with one attached hydrogen (secondary N) is 5. The van der Waals surface area contributed by atoms with Gasteiger partial charge in [0.25, 0.3) is 5.91 Å². The molecular weight excluding hydrogens is 636 g/mol. The van der Waals surface area contributed by atoms with E-state index in [4.69, 9.17) is 0 Å². The zero-order valence-electron chi connectivity index (χ0n) is 30.1. The van der Waals surface area contributed by atoms with Crippen molar-refractivity contribution in [1.29, 1.82) is 0 Å². The average molecular weight is 691 g/mol. The third-order valence-corrected chi connectivity index (χ3v) is 11.4. The van der Waals surface area contributed by atoms with Gasteiger partial charge >= 0.3 is 6.03 Å². The van der Waals surface area contributed by atoms with Gasteiger partial charge in [0.1, 0.15) is 12.1 Å². The van der Waals surface area contributed by atoms with Crippen molar-refractivity contribution in [3.63, 3.8) is 0 Å². The Morgan fingerprint density at radius 3 is 2.26 bits per heavy atom. The van der Waals surface area contributed by atoms with Crippen LogP contribution in [0.2, 0.25) is 0 Å². The summed E-state index contributed by atoms with van der Waals surface area (Å²) in [4.78, 5) is 82.0. The molecule has 5 rings (SSSR count). The highest BCUT2D eigenvalue weighted by atomic mass is 16.2. The Morgan fingerprint density at radius 2 is 1.62 bits per heavy atom. The molecule has 1 heterocycles. The number of benzene rings is 1. The van der Waals surface area contributed by atoms with Gasteiger partial charge in [0, 0.05) is 18.6 Å². The summed E-state index contributed by atoms with van der Waals surface area (Å²) in [5.74, 6) is -2.92. The maximum atomic E-state index is 14.2. The van der Waals surface area contributed by atoms with E-state index in [9.17, 15) is 28.8 Å². The van der Waals surface area contributed by atoms with Crippen LogP contribution in [0, 0.1) is 23.2 Å². The average Bonchev–Trinajstić information content (AvgIpc) is 3.95. The van der Waals surface area contributed by atoms with Crippen LogP contribution >= 0.6 is 0 Å². The second-order valence-electron chi connectivity index (χ2n) is 15.6. The van der Waals surface area contributed by atoms with Crippen molar-refractivity contribution in [3.05, 3.63) is 47.5 Å². The second kappa shape index (κ2) is 15.3. The highest BCUT2D eigenvalue weighted by Gasteiger charge is 2.69. The number of Topliss-reactive ketones (excluding diaryl/α,β-unsaturated/α-hetero) is 1. The van der Waals surface area contributed by atoms with Crippen LogP contribution < -0.4 is 26.6 Å². The molecule has 5 N–H and O–H groups in total. The van der Waals surface area contributed by atoms with E-state index >= 15 is 0 Å². The number of hydrogen-bond acceptors (Lipinski definition) is 6. The quantitative estimate of drug-likeness (QED) is 0.149. The SMILES string of the molecule is C/C=C(\C)[C@H](NC(=O)NC1(C)CCCCC1)C(=O)N1C[C@H]2[C@@H]([C@H]1C(=O)NC(CC1CC1)C(=O)C(=O)NCC(=O)NCc1ccccc1)C2(C)C. The monoisotopic (exact) mass is 690 g/mol. The molecule has 1 aromatic carbocycles. The predicted octanol–water partition coefficient (Wildman–Crippen LogP) is 3.11. The van der Waals surface area contributed by atoms with Gasteiger partial charge in [0.2, 0.25) is 23.5 Å². The molecular formula is C38H54N6O6. The maximum absolute atomic E-state index is 14.2. The molecule has 1 saturated heterocycles. The lowest BCUT2D eigenvalue weighted by atomic mass is 9.83. The zero-order valence-corrected chi connectivity index (χ0v) is 30.1. The van der Waals surface area contributed by atoms with Crippen molar-refractivity contribution in [2.75, 3.05) is 13.1 Å². The lowest BCUT2D eigenvalue weighted by Gasteiger charge is -2.36. The van der Waals surface area contributed by atoms with Crippen LogP contribution in [0.15, 0.2) is 42.0 Å². The maximum Gasteiger partial charge on any atom is 0.316 e. The molecule has 1 unspecified atom stereocenters. The van der Waals surface area contributed by atoms with E-state index in [-0.39, 0.29) is 47.7 Å². The number of amides is 6. The minimum Gasteiger partial charge on any atom is -0.350 e. The van der Waals surface area contributed by atoms with Crippen molar-refractivity contribution >= 4 is 35.4 Å². The Labute approximate surface area is 295 Å². The van der Waals surface area contributed by atoms with Gasteiger partial charge in [-0.25, -0.2) is 4.79 Å². The first-order chi connectivity index (χ1) is 23.7. The number of nitrogens with zero attached hydrogens (tertiary/aromatic N) is 1. The van der Waals surface area contributed by atoms with Crippen LogP contribution in [-0.4, -0.2) is 77.1 Å². The van der Waals surface area contributed by atoms with Crippen LogP contribution in [0.4, 0.5) is 4.79 Å². The summed E-state index contributed by atoms with van der Waals surface area (Å²) in [5.41, 5.74) is 1.02. The summed E-state index contributed by atoms with van der Waals surface area (Å²) in [5, 5.41) is 14.0. The first-order valence-corrected chi connectivity index (χ1v) is 18.2. The Kier molecular flexibility index (Phi) is 11.4. The molecule has 3 aliphatic carbocycles. The normalized spacial score (nSPS) is 24.5. The van der Waals surface area contributed by atoms with E-state index in [1.165, 1.54) is 0 Å². The minimum atomic E-state index is -1.09. The molecule has 1 aromatic rings. The summed E-state index contributed by atoms with van der Waals surface area (Å²) in [7, 11) is 0. The Bertz CT molecular complexity index is 1500. The van der Waals surface area contributed by atoms with E-state index in [1.807, 2.05) is 37.3 Å². The first kappa shape index (κ1) is 37.0. The van der Waals surface area contributed by atoms with Crippen molar-refractivity contribution < 1.29 is 28.8 Å². The molecule has 50 heavy (non-hydrogen) atoms. The number of ketones is 1. The van der Waals surface area contributed by atoms with E-state index < -0.39 is 47.7 Å². The van der Waals surface area contributed by atoms with Crippen molar-refractivity contribution in [2.24, 2.45) is 23.2 Å². The highest BCUT2D eigenvalue weighted by molar-refractivity contribution is 6.38. The standard InChI is InChI=1S/C38H54N6O6/c1-6-23(2)30(42-36(50)43-38(5)17-11-8-12-18-38)35(49)44-22-26-29(37(26,3)4)31(44)33(47)41-27(19-24-15-16-24)32(46)34(48)40-21-28(45)39-20-25-13-9-7-10-14-25/h6-7,9-10,13-14,24,26-27,29-31H,8,11-12,15-22H2,1-5H3,(H,39,45)(H,40,48)(H,41,47)(H2,42,43,50)/b23-6+/t26-,27?,29-,30-,31-/m0/s1. The fourth-order valence-corrected chi connectivity index (χ4v) is 7.85. The number of carbonyl (C=O) groups is 6. The lowest BCUT2D eigenvalue weighted by Crippen LogP contribution is -2.60. The van der Waals surface area contributed by atoms with E-state index in [2.05, 4.69) is 40.4 Å². The molecule has 4 aliphatic rings. The summed E-state index contributed by atoms with van der Waals surface area (Å²) in [6.45, 7) is 10.0. The van der Waals surface area contributed by atoms with Crippen molar-refractivity contribution in [3.8, 4) is 0 Å².